The van der Waals surface area contributed by atoms with Gasteiger partial charge in [0, 0.05) is 5.41 Å². The molecule has 0 amide bonds. The number of benzene rings is 2. The summed E-state index contributed by atoms with van der Waals surface area (Å²) in [6.45, 7) is 8.61. The maximum atomic E-state index is 2.30. The molecule has 1 aliphatic carbocycles. The minimum absolute atomic E-state index is 0. The van der Waals surface area contributed by atoms with Gasteiger partial charge in [-0.25, -0.2) is 0 Å². The first-order valence-electron chi connectivity index (χ1n) is 6.40. The van der Waals surface area contributed by atoms with Crippen LogP contribution in [0.15, 0.2) is 48.5 Å². The molecule has 96 valence electrons. The zero-order valence-electron chi connectivity index (χ0n) is 11.1. The van der Waals surface area contributed by atoms with Crippen molar-refractivity contribution in [1.29, 1.82) is 0 Å². The van der Waals surface area contributed by atoms with E-state index in [0.29, 0.717) is 0 Å². The van der Waals surface area contributed by atoms with Crippen LogP contribution in [0.5, 0.6) is 0 Å². The molecular weight excluding hydrogens is 216 g/mol. The summed E-state index contributed by atoms with van der Waals surface area (Å²) >= 11 is 0. The number of hydrogen-bond acceptors (Lipinski definition) is 0. The van der Waals surface area contributed by atoms with E-state index in [0.717, 1.165) is 0 Å². The molecule has 0 saturated heterocycles. The molecule has 0 aromatic heterocycles. The zero-order chi connectivity index (χ0) is 12.5. The summed E-state index contributed by atoms with van der Waals surface area (Å²) in [5.74, 6) is 0. The van der Waals surface area contributed by atoms with Gasteiger partial charge in [0.05, 0.1) is 0 Å². The molecule has 18 heavy (non-hydrogen) atoms. The lowest BCUT2D eigenvalue weighted by atomic mass is 9.82. The molecule has 0 spiro atoms. The van der Waals surface area contributed by atoms with E-state index in [1.807, 2.05) is 13.8 Å². The Morgan fingerprint density at radius 1 is 0.667 bits per heavy atom. The maximum Gasteiger partial charge on any atom is 0.0158 e. The molecule has 0 bridgehead atoms. The van der Waals surface area contributed by atoms with Crippen molar-refractivity contribution in [1.82, 2.24) is 0 Å². The van der Waals surface area contributed by atoms with Crippen LogP contribution in [0.2, 0.25) is 0 Å². The molecule has 3 rings (SSSR count). The highest BCUT2D eigenvalue weighted by molar-refractivity contribution is 5.80. The third kappa shape index (κ3) is 1.96. The van der Waals surface area contributed by atoms with Crippen LogP contribution in [0.4, 0.5) is 0 Å². The summed E-state index contributed by atoms with van der Waals surface area (Å²) in [5, 5.41) is 0. The lowest BCUT2D eigenvalue weighted by Gasteiger charge is -2.20. The van der Waals surface area contributed by atoms with E-state index in [-0.39, 0.29) is 12.8 Å². The predicted molar refractivity (Wildman–Crippen MR) is 82.1 cm³/mol. The van der Waals surface area contributed by atoms with Crippen molar-refractivity contribution in [3.05, 3.63) is 59.7 Å². The molecular formula is C18H24. The Labute approximate surface area is 112 Å². The van der Waals surface area contributed by atoms with Gasteiger partial charge in [-0.05, 0) is 22.3 Å². The maximum absolute atomic E-state index is 2.30. The standard InChI is InChI=1S/C15H14.C2H6.CH4/c1-15(2)13-9-5-3-7-11(13)12-8-4-6-10-14(12)15;1-2;/h3-10H,1-2H3;1-2H3;1H4. The fourth-order valence-corrected chi connectivity index (χ4v) is 2.67. The molecule has 0 aliphatic heterocycles. The lowest BCUT2D eigenvalue weighted by molar-refractivity contribution is 0.660. The third-order valence-corrected chi connectivity index (χ3v) is 3.49. The first-order valence-corrected chi connectivity index (χ1v) is 6.40. The topological polar surface area (TPSA) is 0 Å². The summed E-state index contributed by atoms with van der Waals surface area (Å²) in [7, 11) is 0. The van der Waals surface area contributed by atoms with Crippen LogP contribution in [0, 0.1) is 0 Å². The van der Waals surface area contributed by atoms with E-state index < -0.39 is 0 Å². The summed E-state index contributed by atoms with van der Waals surface area (Å²) in [5.41, 5.74) is 5.86. The van der Waals surface area contributed by atoms with E-state index >= 15 is 0 Å². The van der Waals surface area contributed by atoms with E-state index in [9.17, 15) is 0 Å². The molecule has 1 aliphatic rings. The Bertz CT molecular complexity index is 474. The van der Waals surface area contributed by atoms with E-state index in [1.54, 1.807) is 0 Å². The van der Waals surface area contributed by atoms with Crippen molar-refractivity contribution >= 4 is 0 Å². The van der Waals surface area contributed by atoms with Crippen LogP contribution in [0.25, 0.3) is 11.1 Å². The molecule has 0 heterocycles. The number of rotatable bonds is 0. The van der Waals surface area contributed by atoms with Gasteiger partial charge in [-0.3, -0.25) is 0 Å². The Balaban J connectivity index is 0.000000516. The Morgan fingerprint density at radius 2 is 1.00 bits per heavy atom. The van der Waals surface area contributed by atoms with Crippen molar-refractivity contribution < 1.29 is 0 Å². The highest BCUT2D eigenvalue weighted by atomic mass is 14.4. The van der Waals surface area contributed by atoms with Gasteiger partial charge >= 0.3 is 0 Å². The first kappa shape index (κ1) is 14.5. The second-order valence-electron chi connectivity index (χ2n) is 4.72. The van der Waals surface area contributed by atoms with Crippen molar-refractivity contribution in [3.63, 3.8) is 0 Å². The van der Waals surface area contributed by atoms with Crippen molar-refractivity contribution in [2.24, 2.45) is 0 Å². The molecule has 0 N–H and O–H groups in total. The van der Waals surface area contributed by atoms with Crippen LogP contribution < -0.4 is 0 Å². The summed E-state index contributed by atoms with van der Waals surface area (Å²) in [6, 6.07) is 17.4. The van der Waals surface area contributed by atoms with Crippen LogP contribution in [0.3, 0.4) is 0 Å². The van der Waals surface area contributed by atoms with Crippen LogP contribution in [-0.4, -0.2) is 0 Å². The number of hydrogen-bond donors (Lipinski definition) is 0. The largest absolute Gasteiger partial charge is 0.0776 e. The molecule has 0 heteroatoms. The summed E-state index contributed by atoms with van der Waals surface area (Å²) in [6.07, 6.45) is 0. The first-order chi connectivity index (χ1) is 8.21. The molecule has 2 aromatic rings. The Morgan fingerprint density at radius 3 is 1.39 bits per heavy atom. The second-order valence-corrected chi connectivity index (χ2v) is 4.72. The average Bonchev–Trinajstić information content (AvgIpc) is 2.63. The molecule has 0 fully saturated rings. The SMILES string of the molecule is C.CC.CC1(C)c2ccccc2-c2ccccc21. The molecule has 0 radical (unpaired) electrons. The van der Waals surface area contributed by atoms with Gasteiger partial charge in [-0.2, -0.15) is 0 Å². The Kier molecular flexibility index (Phi) is 4.34. The van der Waals surface area contributed by atoms with Crippen molar-refractivity contribution in [3.8, 4) is 11.1 Å². The zero-order valence-corrected chi connectivity index (χ0v) is 11.1. The quantitative estimate of drug-likeness (QED) is 0.557. The summed E-state index contributed by atoms with van der Waals surface area (Å²) < 4.78 is 0. The minimum Gasteiger partial charge on any atom is -0.0776 e. The molecule has 0 saturated carbocycles. The smallest absolute Gasteiger partial charge is 0.0158 e. The van der Waals surface area contributed by atoms with Gasteiger partial charge in [-0.1, -0.05) is 83.7 Å². The number of fused-ring (bicyclic) bond motifs is 3. The molecule has 0 unspecified atom stereocenters. The molecule has 0 atom stereocenters. The highest BCUT2D eigenvalue weighted by Gasteiger charge is 2.34. The third-order valence-electron chi connectivity index (χ3n) is 3.49. The van der Waals surface area contributed by atoms with E-state index in [1.165, 1.54) is 22.3 Å². The lowest BCUT2D eigenvalue weighted by Crippen LogP contribution is -2.14. The second kappa shape index (κ2) is 5.39. The molecule has 0 nitrogen and oxygen atoms in total. The normalized spacial score (nSPS) is 13.6. The van der Waals surface area contributed by atoms with Gasteiger partial charge in [0.25, 0.3) is 0 Å². The average molecular weight is 240 g/mol. The van der Waals surface area contributed by atoms with Gasteiger partial charge in [0.2, 0.25) is 0 Å². The molecule has 2 aromatic carbocycles. The van der Waals surface area contributed by atoms with Crippen molar-refractivity contribution in [2.75, 3.05) is 0 Å². The fraction of sp³-hybridized carbons (Fsp3) is 0.333. The van der Waals surface area contributed by atoms with Crippen LogP contribution in [-0.2, 0) is 5.41 Å². The monoisotopic (exact) mass is 240 g/mol. The van der Waals surface area contributed by atoms with Crippen LogP contribution in [0.1, 0.15) is 46.2 Å². The van der Waals surface area contributed by atoms with Crippen molar-refractivity contribution in [2.45, 2.75) is 40.5 Å². The highest BCUT2D eigenvalue weighted by Crippen LogP contribution is 2.47. The Hall–Kier alpha value is -1.56. The van der Waals surface area contributed by atoms with Crippen LogP contribution >= 0.6 is 0 Å². The van der Waals surface area contributed by atoms with Gasteiger partial charge in [-0.15, -0.1) is 0 Å². The van der Waals surface area contributed by atoms with E-state index in [4.69, 9.17) is 0 Å². The van der Waals surface area contributed by atoms with Gasteiger partial charge in [0.1, 0.15) is 0 Å². The predicted octanol–water partition coefficient (Wildman–Crippen LogP) is 5.66. The van der Waals surface area contributed by atoms with Gasteiger partial charge in [0.15, 0.2) is 0 Å². The van der Waals surface area contributed by atoms with Gasteiger partial charge < -0.3 is 0 Å². The minimum atomic E-state index is 0. The fourth-order valence-electron chi connectivity index (χ4n) is 2.67. The van der Waals surface area contributed by atoms with E-state index in [2.05, 4.69) is 62.4 Å². The summed E-state index contributed by atoms with van der Waals surface area (Å²) in [4.78, 5) is 0.